The van der Waals surface area contributed by atoms with Crippen LogP contribution in [0.1, 0.15) is 58.9 Å². The normalized spacial score (nSPS) is 21.0. The zero-order valence-corrected chi connectivity index (χ0v) is 30.5. The molecule has 2 fully saturated rings. The van der Waals surface area contributed by atoms with Crippen molar-refractivity contribution >= 4 is 22.2 Å². The average molecular weight is 734 g/mol. The van der Waals surface area contributed by atoms with Gasteiger partial charge in [-0.3, -0.25) is 4.90 Å². The van der Waals surface area contributed by atoms with Crippen molar-refractivity contribution in [1.82, 2.24) is 14.5 Å². The van der Waals surface area contributed by atoms with Crippen molar-refractivity contribution < 1.29 is 51.9 Å². The Morgan fingerprint density at radius 3 is 2.53 bits per heavy atom. The quantitative estimate of drug-likeness (QED) is 0.196. The zero-order chi connectivity index (χ0) is 36.8. The summed E-state index contributed by atoms with van der Waals surface area (Å²) in [6, 6.07) is 12.0. The number of amides is 2. The van der Waals surface area contributed by atoms with Crippen molar-refractivity contribution in [2.24, 2.45) is 11.3 Å². The number of nitrogens with one attached hydrogen (secondary N) is 1. The standard InChI is InChI=1S/C36H51N3O11S/c1-24(2)37-34(41)47-16-9-8-15-36(3,4)22-38(51(44,45)26-12-13-31-32(19-26)50-23-49-31)20-30(40)28(18-25-10-6-5-7-11-25)39(35(42)43)29-21-48-33-27(29)14-17-46-33/h5-7,10-13,19,24,27-30,33,40H,8-9,14-18,20-23H2,1-4H3,(H,37,41)(H,42,43)/t27-,28-,29-,30+,33+/m0/s1. The molecule has 3 N–H and O–H groups in total. The Bertz CT molecular complexity index is 1590. The maximum Gasteiger partial charge on any atom is 0.407 e. The number of carbonyl (C=O) groups is 2. The van der Waals surface area contributed by atoms with Crippen LogP contribution in [0.25, 0.3) is 0 Å². The molecule has 2 saturated heterocycles. The third kappa shape index (κ3) is 9.83. The smallest absolute Gasteiger partial charge is 0.407 e. The summed E-state index contributed by atoms with van der Waals surface area (Å²) in [6.07, 6.45) is -1.09. The van der Waals surface area contributed by atoms with Crippen LogP contribution in [0.5, 0.6) is 11.5 Å². The minimum atomic E-state index is -4.25. The first kappa shape index (κ1) is 38.6. The van der Waals surface area contributed by atoms with Gasteiger partial charge >= 0.3 is 12.2 Å². The van der Waals surface area contributed by atoms with Crippen LogP contribution in [-0.4, -0.2) is 110 Å². The predicted molar refractivity (Wildman–Crippen MR) is 186 cm³/mol. The maximum atomic E-state index is 14.5. The molecule has 2 aromatic rings. The Balaban J connectivity index is 1.40. The first-order valence-electron chi connectivity index (χ1n) is 17.5. The number of ether oxygens (including phenoxy) is 5. The third-order valence-corrected chi connectivity index (χ3v) is 11.3. The van der Waals surface area contributed by atoms with Crippen LogP contribution in [0.15, 0.2) is 53.4 Å². The van der Waals surface area contributed by atoms with Crippen LogP contribution in [0.2, 0.25) is 0 Å². The molecular weight excluding hydrogens is 682 g/mol. The molecule has 3 aliphatic heterocycles. The van der Waals surface area contributed by atoms with Gasteiger partial charge in [-0.05, 0) is 69.1 Å². The van der Waals surface area contributed by atoms with Gasteiger partial charge in [0, 0.05) is 31.1 Å². The number of carboxylic acid groups (broad SMARTS) is 1. The second kappa shape index (κ2) is 16.8. The van der Waals surface area contributed by atoms with Crippen molar-refractivity contribution in [2.45, 2.75) is 95.2 Å². The average Bonchev–Trinajstić information content (AvgIpc) is 3.82. The largest absolute Gasteiger partial charge is 0.465 e. The SMILES string of the molecule is CC(C)NC(=O)OCCCCC(C)(C)CN(C[C@@H](O)[C@H](Cc1ccccc1)N(C(=O)O)[C@H]1CO[C@H]2OCC[C@H]21)S(=O)(=O)c1ccc2c(c1)OCO2. The molecule has 0 aliphatic carbocycles. The topological polar surface area (TPSA) is 173 Å². The summed E-state index contributed by atoms with van der Waals surface area (Å²) >= 11 is 0. The van der Waals surface area contributed by atoms with E-state index in [1.807, 2.05) is 58.0 Å². The van der Waals surface area contributed by atoms with E-state index in [0.717, 1.165) is 5.56 Å². The van der Waals surface area contributed by atoms with Crippen LogP contribution in [0, 0.1) is 11.3 Å². The number of aliphatic hydroxyl groups excluding tert-OH is 1. The van der Waals surface area contributed by atoms with Crippen molar-refractivity contribution in [3.8, 4) is 11.5 Å². The van der Waals surface area contributed by atoms with Crippen molar-refractivity contribution in [2.75, 3.05) is 39.7 Å². The third-order valence-electron chi connectivity index (χ3n) is 9.54. The van der Waals surface area contributed by atoms with Gasteiger partial charge in [0.05, 0.1) is 42.9 Å². The summed E-state index contributed by atoms with van der Waals surface area (Å²) in [5, 5.41) is 25.4. The van der Waals surface area contributed by atoms with Crippen LogP contribution >= 0.6 is 0 Å². The number of fused-ring (bicyclic) bond motifs is 2. The van der Waals surface area contributed by atoms with E-state index in [1.165, 1.54) is 27.4 Å². The number of benzene rings is 2. The van der Waals surface area contributed by atoms with Crippen LogP contribution in [0.4, 0.5) is 9.59 Å². The van der Waals surface area contributed by atoms with Crippen LogP contribution in [-0.2, 0) is 30.7 Å². The minimum Gasteiger partial charge on any atom is -0.465 e. The van der Waals surface area contributed by atoms with E-state index in [4.69, 9.17) is 23.7 Å². The first-order chi connectivity index (χ1) is 24.2. The number of unbranched alkanes of at least 4 members (excludes halogenated alkanes) is 1. The highest BCUT2D eigenvalue weighted by Gasteiger charge is 2.49. The molecule has 15 heteroatoms. The monoisotopic (exact) mass is 733 g/mol. The fourth-order valence-electron chi connectivity index (χ4n) is 7.00. The summed E-state index contributed by atoms with van der Waals surface area (Å²) in [6.45, 7) is 7.95. The number of carbonyl (C=O) groups excluding carboxylic acids is 1. The molecule has 5 rings (SSSR count). The molecule has 14 nitrogen and oxygen atoms in total. The molecule has 5 atom stereocenters. The number of aliphatic hydroxyl groups is 1. The van der Waals surface area contributed by atoms with Gasteiger partial charge in [-0.25, -0.2) is 18.0 Å². The summed E-state index contributed by atoms with van der Waals surface area (Å²) in [5.41, 5.74) is 0.207. The molecular formula is C36H51N3O11S. The number of rotatable bonds is 17. The maximum absolute atomic E-state index is 14.5. The fraction of sp³-hybridized carbons (Fsp3) is 0.611. The van der Waals surface area contributed by atoms with E-state index in [9.17, 15) is 28.2 Å². The number of nitrogens with zero attached hydrogens (tertiary/aromatic N) is 2. The lowest BCUT2D eigenvalue weighted by Gasteiger charge is -2.40. The van der Waals surface area contributed by atoms with E-state index >= 15 is 0 Å². The van der Waals surface area contributed by atoms with E-state index in [0.29, 0.717) is 43.8 Å². The fourth-order valence-corrected chi connectivity index (χ4v) is 8.67. The first-order valence-corrected chi connectivity index (χ1v) is 19.0. The lowest BCUT2D eigenvalue weighted by Crippen LogP contribution is -2.58. The Morgan fingerprint density at radius 1 is 1.06 bits per heavy atom. The van der Waals surface area contributed by atoms with Crippen molar-refractivity contribution in [3.05, 3.63) is 54.1 Å². The molecule has 3 aliphatic rings. The highest BCUT2D eigenvalue weighted by Crippen LogP contribution is 2.38. The predicted octanol–water partition coefficient (Wildman–Crippen LogP) is 4.45. The molecule has 0 bridgehead atoms. The van der Waals surface area contributed by atoms with E-state index < -0.39 is 52.1 Å². The van der Waals surface area contributed by atoms with E-state index in [2.05, 4.69) is 5.32 Å². The second-order valence-electron chi connectivity index (χ2n) is 14.5. The van der Waals surface area contributed by atoms with Gasteiger partial charge in [0.2, 0.25) is 16.8 Å². The number of alkyl carbamates (subject to hydrolysis) is 1. The Morgan fingerprint density at radius 2 is 1.80 bits per heavy atom. The molecule has 0 unspecified atom stereocenters. The molecule has 0 spiro atoms. The van der Waals surface area contributed by atoms with Gasteiger partial charge in [0.25, 0.3) is 0 Å². The highest BCUT2D eigenvalue weighted by atomic mass is 32.2. The van der Waals surface area contributed by atoms with Gasteiger partial charge in [0.1, 0.15) is 0 Å². The molecule has 0 saturated carbocycles. The van der Waals surface area contributed by atoms with E-state index in [1.54, 1.807) is 0 Å². The van der Waals surface area contributed by atoms with Gasteiger partial charge < -0.3 is 39.2 Å². The van der Waals surface area contributed by atoms with E-state index in [-0.39, 0.29) is 56.4 Å². The summed E-state index contributed by atoms with van der Waals surface area (Å²) < 4.78 is 57.8. The molecule has 282 valence electrons. The van der Waals surface area contributed by atoms with Gasteiger partial charge in [-0.15, -0.1) is 0 Å². The molecule has 51 heavy (non-hydrogen) atoms. The second-order valence-corrected chi connectivity index (χ2v) is 16.4. The Hall–Kier alpha value is -3.63. The Labute approximate surface area is 300 Å². The van der Waals surface area contributed by atoms with Gasteiger partial charge in [-0.1, -0.05) is 44.2 Å². The van der Waals surface area contributed by atoms with Crippen LogP contribution in [0.3, 0.4) is 0 Å². The number of hydrogen-bond donors (Lipinski definition) is 3. The van der Waals surface area contributed by atoms with Crippen molar-refractivity contribution in [3.63, 3.8) is 0 Å². The molecule has 0 aromatic heterocycles. The van der Waals surface area contributed by atoms with Crippen molar-refractivity contribution in [1.29, 1.82) is 0 Å². The number of sulfonamides is 1. The number of hydrogen-bond acceptors (Lipinski definition) is 10. The van der Waals surface area contributed by atoms with Gasteiger partial charge in [0.15, 0.2) is 17.8 Å². The van der Waals surface area contributed by atoms with Crippen LogP contribution < -0.4 is 14.8 Å². The molecule has 0 radical (unpaired) electrons. The van der Waals surface area contributed by atoms with Gasteiger partial charge in [-0.2, -0.15) is 4.31 Å². The molecule has 2 amide bonds. The lowest BCUT2D eigenvalue weighted by atomic mass is 9.87. The Kier molecular flexibility index (Phi) is 12.7. The minimum absolute atomic E-state index is 0.0196. The summed E-state index contributed by atoms with van der Waals surface area (Å²) in [4.78, 5) is 26.1. The lowest BCUT2D eigenvalue weighted by molar-refractivity contribution is -0.0906. The summed E-state index contributed by atoms with van der Waals surface area (Å²) in [7, 11) is -4.25. The molecule has 2 aromatic carbocycles. The molecule has 3 heterocycles. The summed E-state index contributed by atoms with van der Waals surface area (Å²) in [5.74, 6) is 0.517. The zero-order valence-electron chi connectivity index (χ0n) is 29.7. The highest BCUT2D eigenvalue weighted by molar-refractivity contribution is 7.89.